The Labute approximate surface area is 171 Å². The monoisotopic (exact) mass is 396 g/mol. The van der Waals surface area contributed by atoms with Crippen LogP contribution < -0.4 is 4.74 Å². The van der Waals surface area contributed by atoms with Crippen molar-refractivity contribution in [1.29, 1.82) is 0 Å². The first-order valence-corrected chi connectivity index (χ1v) is 10.8. The van der Waals surface area contributed by atoms with E-state index in [-0.39, 0.29) is 11.2 Å². The summed E-state index contributed by atoms with van der Waals surface area (Å²) in [5.41, 5.74) is 3.60. The third-order valence-corrected chi connectivity index (χ3v) is 7.99. The third kappa shape index (κ3) is 3.17. The highest BCUT2D eigenvalue weighted by atomic mass is 19.1. The molecule has 3 aliphatic carbocycles. The molecule has 6 atom stereocenters. The molecule has 3 aliphatic rings. The Kier molecular flexibility index (Phi) is 4.67. The second-order valence-corrected chi connectivity index (χ2v) is 9.48. The summed E-state index contributed by atoms with van der Waals surface area (Å²) in [5, 5.41) is 20.9. The highest BCUT2D eigenvalue weighted by molar-refractivity contribution is 5.41. The molecule has 0 saturated heterocycles. The van der Waals surface area contributed by atoms with E-state index in [1.54, 1.807) is 12.1 Å². The van der Waals surface area contributed by atoms with Crippen LogP contribution in [0.4, 0.5) is 4.39 Å². The van der Waals surface area contributed by atoms with Crippen molar-refractivity contribution in [1.82, 2.24) is 0 Å². The molecule has 2 aromatic rings. The van der Waals surface area contributed by atoms with Gasteiger partial charge in [0.05, 0.1) is 12.2 Å². The van der Waals surface area contributed by atoms with Crippen LogP contribution in [0, 0.1) is 23.1 Å². The minimum atomic E-state index is -0.586. The largest absolute Gasteiger partial charge is 0.489 e. The van der Waals surface area contributed by atoms with Gasteiger partial charge in [-0.15, -0.1) is 0 Å². The fraction of sp³-hybridized carbons (Fsp3) is 0.520. The summed E-state index contributed by atoms with van der Waals surface area (Å²) in [6.45, 7) is 2.61. The second-order valence-electron chi connectivity index (χ2n) is 9.48. The zero-order valence-electron chi connectivity index (χ0n) is 16.9. The Balaban J connectivity index is 1.33. The lowest BCUT2D eigenvalue weighted by atomic mass is 9.55. The number of fused-ring (bicyclic) bond motifs is 5. The van der Waals surface area contributed by atoms with Crippen LogP contribution in [-0.2, 0) is 13.0 Å². The van der Waals surface area contributed by atoms with Crippen molar-refractivity contribution in [2.75, 3.05) is 0 Å². The Morgan fingerprint density at radius 2 is 1.90 bits per heavy atom. The van der Waals surface area contributed by atoms with Crippen LogP contribution >= 0.6 is 0 Å². The van der Waals surface area contributed by atoms with E-state index < -0.39 is 12.2 Å². The lowest BCUT2D eigenvalue weighted by molar-refractivity contribution is -0.0505. The maximum absolute atomic E-state index is 13.1. The standard InChI is InChI=1S/C25H29FO3/c1-25-11-10-20-19-9-7-18(29-14-15-2-5-17(26)6-3-15)12-16(19)4-8-21(20)22(25)13-23(27)24(25)28/h2-3,5-7,9,12,20-24,27-28H,4,8,10-11,13-14H2,1H3/t20-,21+,22+,23-,24+,25+/m1/s1. The van der Waals surface area contributed by atoms with Gasteiger partial charge in [0.1, 0.15) is 18.2 Å². The number of halogens is 1. The normalized spacial score (nSPS) is 35.5. The molecule has 0 radical (unpaired) electrons. The first-order valence-electron chi connectivity index (χ1n) is 10.8. The molecular weight excluding hydrogens is 367 g/mol. The van der Waals surface area contributed by atoms with Gasteiger partial charge in [0.2, 0.25) is 0 Å². The minimum Gasteiger partial charge on any atom is -0.489 e. The summed E-state index contributed by atoms with van der Waals surface area (Å²) in [7, 11) is 0. The predicted octanol–water partition coefficient (Wildman–Crippen LogP) is 4.59. The quantitative estimate of drug-likeness (QED) is 0.798. The molecule has 0 amide bonds. The molecule has 0 spiro atoms. The molecule has 3 nitrogen and oxygen atoms in total. The highest BCUT2D eigenvalue weighted by Gasteiger charge is 2.57. The smallest absolute Gasteiger partial charge is 0.123 e. The zero-order chi connectivity index (χ0) is 20.2. The molecule has 2 aromatic carbocycles. The van der Waals surface area contributed by atoms with Crippen molar-refractivity contribution in [2.24, 2.45) is 17.3 Å². The van der Waals surface area contributed by atoms with E-state index in [0.717, 1.165) is 43.4 Å². The molecule has 0 heterocycles. The SMILES string of the molecule is C[C@]12CC[C@@H]3c4ccc(OCc5ccc(F)cc5)cc4CC[C@@H]3[C@@H]1C[C@@H](O)[C@@H]2O. The summed E-state index contributed by atoms with van der Waals surface area (Å²) in [5.74, 6) is 2.08. The molecule has 0 unspecified atom stereocenters. The lowest BCUT2D eigenvalue weighted by Crippen LogP contribution is -2.44. The van der Waals surface area contributed by atoms with E-state index in [1.807, 2.05) is 0 Å². The Morgan fingerprint density at radius 3 is 2.69 bits per heavy atom. The summed E-state index contributed by atoms with van der Waals surface area (Å²) < 4.78 is 19.0. The van der Waals surface area contributed by atoms with Gasteiger partial charge in [-0.3, -0.25) is 0 Å². The first kappa shape index (κ1) is 19.1. The molecule has 4 heteroatoms. The van der Waals surface area contributed by atoms with E-state index >= 15 is 0 Å². The second kappa shape index (κ2) is 7.10. The molecular formula is C25H29FO3. The van der Waals surface area contributed by atoms with Crippen molar-refractivity contribution in [3.05, 3.63) is 65.0 Å². The van der Waals surface area contributed by atoms with Gasteiger partial charge in [-0.25, -0.2) is 4.39 Å². The van der Waals surface area contributed by atoms with E-state index in [2.05, 4.69) is 25.1 Å². The van der Waals surface area contributed by atoms with Crippen molar-refractivity contribution in [2.45, 2.75) is 63.8 Å². The van der Waals surface area contributed by atoms with Gasteiger partial charge in [-0.05, 0) is 96.2 Å². The summed E-state index contributed by atoms with van der Waals surface area (Å²) >= 11 is 0. The first-order chi connectivity index (χ1) is 14.0. The van der Waals surface area contributed by atoms with Crippen molar-refractivity contribution < 1.29 is 19.3 Å². The van der Waals surface area contributed by atoms with E-state index in [4.69, 9.17) is 4.74 Å². The molecule has 2 N–H and O–H groups in total. The number of hydrogen-bond acceptors (Lipinski definition) is 3. The average Bonchev–Trinajstić information content (AvgIpc) is 2.97. The van der Waals surface area contributed by atoms with Crippen LogP contribution in [0.25, 0.3) is 0 Å². The van der Waals surface area contributed by atoms with Crippen LogP contribution in [0.1, 0.15) is 55.2 Å². The van der Waals surface area contributed by atoms with Gasteiger partial charge in [-0.1, -0.05) is 25.1 Å². The van der Waals surface area contributed by atoms with E-state index in [9.17, 15) is 14.6 Å². The van der Waals surface area contributed by atoms with Crippen LogP contribution in [0.15, 0.2) is 42.5 Å². The number of aliphatic hydroxyl groups excluding tert-OH is 2. The summed E-state index contributed by atoms with van der Waals surface area (Å²) in [6, 6.07) is 12.9. The highest BCUT2D eigenvalue weighted by Crippen LogP contribution is 2.60. The summed E-state index contributed by atoms with van der Waals surface area (Å²) in [6.07, 6.45) is 3.74. The van der Waals surface area contributed by atoms with Gasteiger partial charge in [0, 0.05) is 0 Å². The average molecular weight is 397 g/mol. The number of hydrogen-bond donors (Lipinski definition) is 2. The van der Waals surface area contributed by atoms with Crippen LogP contribution in [0.3, 0.4) is 0 Å². The van der Waals surface area contributed by atoms with Crippen LogP contribution in [0.5, 0.6) is 5.75 Å². The van der Waals surface area contributed by atoms with Gasteiger partial charge in [0.25, 0.3) is 0 Å². The van der Waals surface area contributed by atoms with Gasteiger partial charge >= 0.3 is 0 Å². The van der Waals surface area contributed by atoms with E-state index in [0.29, 0.717) is 24.4 Å². The van der Waals surface area contributed by atoms with Crippen molar-refractivity contribution in [3.63, 3.8) is 0 Å². The molecule has 0 bridgehead atoms. The Bertz CT molecular complexity index is 895. The fourth-order valence-corrected chi connectivity index (χ4v) is 6.38. The van der Waals surface area contributed by atoms with E-state index in [1.165, 1.54) is 23.3 Å². The summed E-state index contributed by atoms with van der Waals surface area (Å²) in [4.78, 5) is 0. The number of ether oxygens (including phenoxy) is 1. The number of benzene rings is 2. The number of aliphatic hydroxyl groups is 2. The maximum atomic E-state index is 13.1. The molecule has 2 saturated carbocycles. The predicted molar refractivity (Wildman–Crippen MR) is 109 cm³/mol. The Morgan fingerprint density at radius 1 is 1.10 bits per heavy atom. The molecule has 29 heavy (non-hydrogen) atoms. The lowest BCUT2D eigenvalue weighted by Gasteiger charge is -2.49. The molecule has 2 fully saturated rings. The number of aryl methyl sites for hydroxylation is 1. The minimum absolute atomic E-state index is 0.143. The topological polar surface area (TPSA) is 49.7 Å². The van der Waals surface area contributed by atoms with Crippen molar-refractivity contribution in [3.8, 4) is 5.75 Å². The number of rotatable bonds is 3. The fourth-order valence-electron chi connectivity index (χ4n) is 6.38. The zero-order valence-corrected chi connectivity index (χ0v) is 16.9. The molecule has 0 aromatic heterocycles. The van der Waals surface area contributed by atoms with Crippen molar-refractivity contribution >= 4 is 0 Å². The van der Waals surface area contributed by atoms with Gasteiger partial charge in [0.15, 0.2) is 0 Å². The van der Waals surface area contributed by atoms with Crippen LogP contribution in [0.2, 0.25) is 0 Å². The molecule has 0 aliphatic heterocycles. The molecule has 154 valence electrons. The Hall–Kier alpha value is -1.91. The molecule has 5 rings (SSSR count). The van der Waals surface area contributed by atoms with Gasteiger partial charge in [-0.2, -0.15) is 0 Å². The third-order valence-electron chi connectivity index (χ3n) is 7.99. The maximum Gasteiger partial charge on any atom is 0.123 e. The van der Waals surface area contributed by atoms with Crippen LogP contribution in [-0.4, -0.2) is 22.4 Å². The van der Waals surface area contributed by atoms with Gasteiger partial charge < -0.3 is 14.9 Å².